The third-order valence-corrected chi connectivity index (χ3v) is 7.80. The van der Waals surface area contributed by atoms with E-state index < -0.39 is 5.54 Å². The molecule has 0 aliphatic heterocycles. The summed E-state index contributed by atoms with van der Waals surface area (Å²) in [5.74, 6) is 0.0752. The molecule has 0 unspecified atom stereocenters. The van der Waals surface area contributed by atoms with E-state index in [0.717, 1.165) is 61.1 Å². The van der Waals surface area contributed by atoms with Crippen molar-refractivity contribution in [2.75, 3.05) is 4.90 Å². The second-order valence-electron chi connectivity index (χ2n) is 9.22. The van der Waals surface area contributed by atoms with E-state index in [4.69, 9.17) is 0 Å². The molecular weight excluding hydrogens is 404 g/mol. The number of hydrogen-bond donors (Lipinski definition) is 1. The minimum atomic E-state index is -0.792. The number of thiophene rings is 1. The van der Waals surface area contributed by atoms with Gasteiger partial charge in [-0.2, -0.15) is 0 Å². The van der Waals surface area contributed by atoms with Crippen LogP contribution >= 0.6 is 11.3 Å². The minimum absolute atomic E-state index is 0.0204. The van der Waals surface area contributed by atoms with Gasteiger partial charge in [0.25, 0.3) is 0 Å². The van der Waals surface area contributed by atoms with Crippen LogP contribution < -0.4 is 10.2 Å². The molecule has 0 bridgehead atoms. The lowest BCUT2D eigenvalue weighted by Crippen LogP contribution is -2.63. The summed E-state index contributed by atoms with van der Waals surface area (Å²) in [7, 11) is 0. The first-order chi connectivity index (χ1) is 15.1. The molecule has 166 valence electrons. The van der Waals surface area contributed by atoms with Crippen molar-refractivity contribution in [1.82, 2.24) is 5.32 Å². The number of aryl methyl sites for hydroxylation is 1. The number of nitrogens with one attached hydrogen (secondary N) is 1. The molecule has 0 radical (unpaired) electrons. The highest BCUT2D eigenvalue weighted by Gasteiger charge is 2.48. The Morgan fingerprint density at radius 3 is 2.32 bits per heavy atom. The maximum Gasteiger partial charge on any atom is 0.246 e. The van der Waals surface area contributed by atoms with Crippen molar-refractivity contribution in [3.8, 4) is 0 Å². The van der Waals surface area contributed by atoms with Gasteiger partial charge in [-0.25, -0.2) is 0 Å². The fraction of sp³-hybridized carbons (Fsp3) is 0.538. The molecule has 0 atom stereocenters. The second-order valence-corrected chi connectivity index (χ2v) is 10.3. The van der Waals surface area contributed by atoms with Gasteiger partial charge in [0.15, 0.2) is 0 Å². The molecule has 2 aliphatic rings. The molecule has 4 nitrogen and oxygen atoms in total. The molecule has 1 aromatic heterocycles. The average molecular weight is 439 g/mol. The van der Waals surface area contributed by atoms with Gasteiger partial charge >= 0.3 is 0 Å². The Kier molecular flexibility index (Phi) is 7.11. The zero-order valence-corrected chi connectivity index (χ0v) is 19.4. The van der Waals surface area contributed by atoms with Gasteiger partial charge in [0.2, 0.25) is 11.8 Å². The molecule has 1 aromatic carbocycles. The van der Waals surface area contributed by atoms with Crippen LogP contribution in [0.15, 0.2) is 41.8 Å². The van der Waals surface area contributed by atoms with E-state index in [-0.39, 0.29) is 17.9 Å². The Labute approximate surface area is 190 Å². The normalized spacial score (nSPS) is 19.0. The molecule has 0 spiro atoms. The second kappa shape index (κ2) is 9.99. The van der Waals surface area contributed by atoms with Gasteiger partial charge < -0.3 is 5.32 Å². The van der Waals surface area contributed by atoms with E-state index in [1.165, 1.54) is 19.3 Å². The standard InChI is InChI=1S/C26H34N2O2S/c1-20-12-14-22(15-13-20)28(24(29)19-23-11-8-18-31-23)26(16-6-3-7-17-26)25(30)27-21-9-4-2-5-10-21/h8,11-15,18,21H,2-7,9-10,16-17,19H2,1H3,(H,27,30). The van der Waals surface area contributed by atoms with E-state index in [0.29, 0.717) is 6.42 Å². The van der Waals surface area contributed by atoms with Crippen LogP contribution in [0.4, 0.5) is 5.69 Å². The number of amides is 2. The first-order valence-corrected chi connectivity index (χ1v) is 12.7. The van der Waals surface area contributed by atoms with Crippen LogP contribution in [-0.4, -0.2) is 23.4 Å². The van der Waals surface area contributed by atoms with Gasteiger partial charge in [-0.15, -0.1) is 11.3 Å². The summed E-state index contributed by atoms with van der Waals surface area (Å²) in [5, 5.41) is 5.38. The molecule has 1 heterocycles. The summed E-state index contributed by atoms with van der Waals surface area (Å²) in [5.41, 5.74) is 1.20. The summed E-state index contributed by atoms with van der Waals surface area (Å²) in [4.78, 5) is 30.5. The van der Waals surface area contributed by atoms with Crippen molar-refractivity contribution < 1.29 is 9.59 Å². The molecule has 2 fully saturated rings. The molecule has 5 heteroatoms. The quantitative estimate of drug-likeness (QED) is 0.621. The minimum Gasteiger partial charge on any atom is -0.351 e. The highest BCUT2D eigenvalue weighted by Crippen LogP contribution is 2.38. The fourth-order valence-corrected chi connectivity index (χ4v) is 5.92. The number of rotatable bonds is 6. The van der Waals surface area contributed by atoms with E-state index >= 15 is 0 Å². The molecule has 4 rings (SSSR count). The van der Waals surface area contributed by atoms with Gasteiger partial charge in [0, 0.05) is 16.6 Å². The number of carbonyl (C=O) groups is 2. The SMILES string of the molecule is Cc1ccc(N(C(=O)Cc2cccs2)C2(C(=O)NC3CCCCC3)CCCCC2)cc1. The summed E-state index contributed by atoms with van der Waals surface area (Å²) >= 11 is 1.60. The van der Waals surface area contributed by atoms with Crippen LogP contribution in [0.1, 0.15) is 74.6 Å². The predicted octanol–water partition coefficient (Wildman–Crippen LogP) is 5.78. The largest absolute Gasteiger partial charge is 0.351 e. The lowest BCUT2D eigenvalue weighted by Gasteiger charge is -2.46. The Morgan fingerprint density at radius 2 is 1.68 bits per heavy atom. The topological polar surface area (TPSA) is 49.4 Å². The number of hydrogen-bond acceptors (Lipinski definition) is 3. The number of benzene rings is 1. The van der Waals surface area contributed by atoms with Gasteiger partial charge in [-0.1, -0.05) is 62.3 Å². The first-order valence-electron chi connectivity index (χ1n) is 11.8. The van der Waals surface area contributed by atoms with Crippen molar-refractivity contribution in [2.45, 2.75) is 89.1 Å². The number of carbonyl (C=O) groups excluding carboxylic acids is 2. The average Bonchev–Trinajstić information content (AvgIpc) is 3.29. The molecule has 2 aromatic rings. The molecular formula is C26H34N2O2S. The van der Waals surface area contributed by atoms with Crippen LogP contribution in [-0.2, 0) is 16.0 Å². The van der Waals surface area contributed by atoms with Crippen LogP contribution in [0.3, 0.4) is 0 Å². The van der Waals surface area contributed by atoms with Gasteiger partial charge in [0.1, 0.15) is 5.54 Å². The maximum absolute atomic E-state index is 13.9. The molecule has 2 amide bonds. The Hall–Kier alpha value is -2.14. The Bertz CT molecular complexity index is 863. The summed E-state index contributed by atoms with van der Waals surface area (Å²) in [6.07, 6.45) is 10.6. The third kappa shape index (κ3) is 5.03. The van der Waals surface area contributed by atoms with Crippen LogP contribution in [0.2, 0.25) is 0 Å². The van der Waals surface area contributed by atoms with Crippen LogP contribution in [0.25, 0.3) is 0 Å². The molecule has 2 aliphatic carbocycles. The van der Waals surface area contributed by atoms with Crippen molar-refractivity contribution in [1.29, 1.82) is 0 Å². The van der Waals surface area contributed by atoms with Crippen LogP contribution in [0.5, 0.6) is 0 Å². The monoisotopic (exact) mass is 438 g/mol. The maximum atomic E-state index is 13.9. The van der Waals surface area contributed by atoms with E-state index in [2.05, 4.69) is 5.32 Å². The van der Waals surface area contributed by atoms with Crippen molar-refractivity contribution in [2.24, 2.45) is 0 Å². The Balaban J connectivity index is 1.69. The highest BCUT2D eigenvalue weighted by molar-refractivity contribution is 7.10. The Morgan fingerprint density at radius 1 is 1.00 bits per heavy atom. The predicted molar refractivity (Wildman–Crippen MR) is 128 cm³/mol. The summed E-state index contributed by atoms with van der Waals surface area (Å²) in [6.45, 7) is 2.05. The zero-order valence-electron chi connectivity index (χ0n) is 18.6. The molecule has 1 N–H and O–H groups in total. The van der Waals surface area contributed by atoms with Crippen molar-refractivity contribution >= 4 is 28.8 Å². The van der Waals surface area contributed by atoms with Crippen molar-refractivity contribution in [3.05, 3.63) is 52.2 Å². The first kappa shape index (κ1) is 22.1. The number of nitrogens with zero attached hydrogens (tertiary/aromatic N) is 1. The van der Waals surface area contributed by atoms with E-state index in [1.807, 2.05) is 53.6 Å². The van der Waals surface area contributed by atoms with Gasteiger partial charge in [0.05, 0.1) is 6.42 Å². The van der Waals surface area contributed by atoms with Gasteiger partial charge in [-0.3, -0.25) is 14.5 Å². The summed E-state index contributed by atoms with van der Waals surface area (Å²) in [6, 6.07) is 12.3. The molecule has 2 saturated carbocycles. The molecule has 31 heavy (non-hydrogen) atoms. The van der Waals surface area contributed by atoms with Crippen LogP contribution in [0, 0.1) is 6.92 Å². The molecule has 0 saturated heterocycles. The van der Waals surface area contributed by atoms with Gasteiger partial charge in [-0.05, 0) is 56.2 Å². The summed E-state index contributed by atoms with van der Waals surface area (Å²) < 4.78 is 0. The number of anilines is 1. The third-order valence-electron chi connectivity index (χ3n) is 6.92. The van der Waals surface area contributed by atoms with E-state index in [1.54, 1.807) is 11.3 Å². The lowest BCUT2D eigenvalue weighted by molar-refractivity contribution is -0.132. The fourth-order valence-electron chi connectivity index (χ4n) is 5.22. The highest BCUT2D eigenvalue weighted by atomic mass is 32.1. The van der Waals surface area contributed by atoms with Crippen molar-refractivity contribution in [3.63, 3.8) is 0 Å². The smallest absolute Gasteiger partial charge is 0.246 e. The zero-order chi connectivity index (χ0) is 21.7. The lowest BCUT2D eigenvalue weighted by atomic mass is 9.78. The van der Waals surface area contributed by atoms with E-state index in [9.17, 15) is 9.59 Å².